The van der Waals surface area contributed by atoms with E-state index in [1.54, 1.807) is 0 Å². The Morgan fingerprint density at radius 2 is 2.35 bits per heavy atom. The molecule has 2 rings (SSSR count). The van der Waals surface area contributed by atoms with Gasteiger partial charge in [0.05, 0.1) is 4.47 Å². The zero-order valence-corrected chi connectivity index (χ0v) is 11.6. The minimum Gasteiger partial charge on any atom is -0.311 e. The van der Waals surface area contributed by atoms with E-state index in [-0.39, 0.29) is 5.82 Å². The molecule has 1 unspecified atom stereocenters. The molecule has 94 valence electrons. The maximum Gasteiger partial charge on any atom is 0.137 e. The number of hydrogen-bond acceptors (Lipinski definition) is 2. The van der Waals surface area contributed by atoms with Crippen molar-refractivity contribution in [2.75, 3.05) is 19.6 Å². The molecule has 2 nitrogen and oxygen atoms in total. The molecule has 0 aliphatic carbocycles. The lowest BCUT2D eigenvalue weighted by molar-refractivity contribution is 0.190. The minimum absolute atomic E-state index is 0.194. The van der Waals surface area contributed by atoms with Crippen molar-refractivity contribution in [3.8, 4) is 0 Å². The molecular weight excluding hydrogens is 283 g/mol. The summed E-state index contributed by atoms with van der Waals surface area (Å²) in [4.78, 5) is 2.42. The van der Waals surface area contributed by atoms with Gasteiger partial charge in [0.25, 0.3) is 0 Å². The van der Waals surface area contributed by atoms with Crippen molar-refractivity contribution >= 4 is 15.9 Å². The molecule has 1 saturated heterocycles. The Labute approximate surface area is 110 Å². The molecule has 1 N–H and O–H groups in total. The lowest BCUT2D eigenvalue weighted by atomic mass is 10.1. The number of hydrogen-bond donors (Lipinski definition) is 1. The van der Waals surface area contributed by atoms with Crippen molar-refractivity contribution in [2.24, 2.45) is 0 Å². The zero-order chi connectivity index (χ0) is 12.3. The van der Waals surface area contributed by atoms with Gasteiger partial charge in [0.15, 0.2) is 0 Å². The van der Waals surface area contributed by atoms with Crippen LogP contribution in [-0.4, -0.2) is 30.6 Å². The van der Waals surface area contributed by atoms with Crippen molar-refractivity contribution in [1.82, 2.24) is 10.2 Å². The van der Waals surface area contributed by atoms with Gasteiger partial charge in [-0.2, -0.15) is 0 Å². The number of nitrogens with zero attached hydrogens (tertiary/aromatic N) is 1. The molecule has 0 amide bonds. The van der Waals surface area contributed by atoms with Crippen LogP contribution in [-0.2, 0) is 6.54 Å². The zero-order valence-electron chi connectivity index (χ0n) is 10.0. The quantitative estimate of drug-likeness (QED) is 0.923. The molecule has 1 heterocycles. The first-order valence-electron chi connectivity index (χ1n) is 6.08. The number of piperazine rings is 1. The van der Waals surface area contributed by atoms with Crippen molar-refractivity contribution in [3.05, 3.63) is 34.1 Å². The van der Waals surface area contributed by atoms with Crippen molar-refractivity contribution in [3.63, 3.8) is 0 Å². The summed E-state index contributed by atoms with van der Waals surface area (Å²) < 4.78 is 13.7. The molecule has 0 saturated carbocycles. The monoisotopic (exact) mass is 300 g/mol. The summed E-state index contributed by atoms with van der Waals surface area (Å²) in [6, 6.07) is 5.85. The fourth-order valence-corrected chi connectivity index (χ4v) is 2.63. The van der Waals surface area contributed by atoms with Crippen LogP contribution in [0.5, 0.6) is 0 Å². The Morgan fingerprint density at radius 1 is 1.53 bits per heavy atom. The summed E-state index contributed by atoms with van der Waals surface area (Å²) in [6.07, 6.45) is 1.16. The van der Waals surface area contributed by atoms with E-state index in [1.807, 2.05) is 12.1 Å². The van der Waals surface area contributed by atoms with E-state index in [1.165, 1.54) is 6.07 Å². The average molecular weight is 301 g/mol. The number of halogens is 2. The maximum absolute atomic E-state index is 13.1. The first-order chi connectivity index (χ1) is 8.19. The third-order valence-corrected chi connectivity index (χ3v) is 3.83. The first-order valence-corrected chi connectivity index (χ1v) is 6.88. The van der Waals surface area contributed by atoms with E-state index in [0.29, 0.717) is 10.5 Å². The normalized spacial score (nSPS) is 21.7. The van der Waals surface area contributed by atoms with Crippen molar-refractivity contribution in [1.29, 1.82) is 0 Å². The van der Waals surface area contributed by atoms with Crippen molar-refractivity contribution in [2.45, 2.75) is 25.9 Å². The second-order valence-corrected chi connectivity index (χ2v) is 5.40. The van der Waals surface area contributed by atoms with Crippen LogP contribution in [0.25, 0.3) is 0 Å². The van der Waals surface area contributed by atoms with Crippen molar-refractivity contribution < 1.29 is 4.39 Å². The van der Waals surface area contributed by atoms with Crippen LogP contribution in [0.2, 0.25) is 0 Å². The van der Waals surface area contributed by atoms with E-state index >= 15 is 0 Å². The van der Waals surface area contributed by atoms with Gasteiger partial charge in [-0.15, -0.1) is 0 Å². The van der Waals surface area contributed by atoms with Gasteiger partial charge >= 0.3 is 0 Å². The third-order valence-electron chi connectivity index (χ3n) is 3.22. The summed E-state index contributed by atoms with van der Waals surface area (Å²) in [5.74, 6) is -0.194. The maximum atomic E-state index is 13.1. The Hall–Kier alpha value is -0.450. The average Bonchev–Trinajstić information content (AvgIpc) is 2.34. The Kier molecular flexibility index (Phi) is 4.54. The minimum atomic E-state index is -0.194. The van der Waals surface area contributed by atoms with Gasteiger partial charge in [-0.05, 0) is 40.0 Å². The smallest absolute Gasteiger partial charge is 0.137 e. The highest BCUT2D eigenvalue weighted by molar-refractivity contribution is 9.10. The molecule has 1 atom stereocenters. The van der Waals surface area contributed by atoms with Crippen LogP contribution in [0.1, 0.15) is 18.9 Å². The van der Waals surface area contributed by atoms with Crippen LogP contribution in [0.4, 0.5) is 4.39 Å². The Bertz CT molecular complexity index is 384. The van der Waals surface area contributed by atoms with E-state index in [9.17, 15) is 4.39 Å². The molecule has 0 spiro atoms. The molecule has 1 fully saturated rings. The standard InChI is InChI=1S/C13H18BrFN2/c1-2-11-9-17(6-5-16-11)8-10-3-4-13(15)12(14)7-10/h3-4,7,11,16H,2,5-6,8-9H2,1H3. The number of rotatable bonds is 3. The van der Waals surface area contributed by atoms with Gasteiger partial charge in [0.1, 0.15) is 5.82 Å². The summed E-state index contributed by atoms with van der Waals surface area (Å²) in [7, 11) is 0. The molecule has 17 heavy (non-hydrogen) atoms. The predicted molar refractivity (Wildman–Crippen MR) is 71.5 cm³/mol. The summed E-state index contributed by atoms with van der Waals surface area (Å²) in [5.41, 5.74) is 1.16. The van der Waals surface area contributed by atoms with Crippen LogP contribution >= 0.6 is 15.9 Å². The largest absolute Gasteiger partial charge is 0.311 e. The molecular formula is C13H18BrFN2. The van der Waals surface area contributed by atoms with E-state index in [4.69, 9.17) is 0 Å². The van der Waals surface area contributed by atoms with E-state index < -0.39 is 0 Å². The molecule has 1 aromatic rings. The highest BCUT2D eigenvalue weighted by Crippen LogP contribution is 2.18. The van der Waals surface area contributed by atoms with E-state index in [0.717, 1.165) is 38.2 Å². The van der Waals surface area contributed by atoms with Gasteiger partial charge in [-0.25, -0.2) is 4.39 Å². The fourth-order valence-electron chi connectivity index (χ4n) is 2.21. The van der Waals surface area contributed by atoms with Gasteiger partial charge in [0, 0.05) is 32.2 Å². The predicted octanol–water partition coefficient (Wildman–Crippen LogP) is 2.77. The molecule has 1 aliphatic heterocycles. The summed E-state index contributed by atoms with van der Waals surface area (Å²) in [5, 5.41) is 3.49. The lowest BCUT2D eigenvalue weighted by Crippen LogP contribution is -2.49. The topological polar surface area (TPSA) is 15.3 Å². The third kappa shape index (κ3) is 3.50. The van der Waals surface area contributed by atoms with Gasteiger partial charge in [-0.1, -0.05) is 13.0 Å². The second-order valence-electron chi connectivity index (χ2n) is 4.54. The second kappa shape index (κ2) is 5.94. The van der Waals surface area contributed by atoms with Gasteiger partial charge < -0.3 is 5.32 Å². The molecule has 0 aromatic heterocycles. The molecule has 1 aromatic carbocycles. The summed E-state index contributed by atoms with van der Waals surface area (Å²) in [6.45, 7) is 6.28. The van der Waals surface area contributed by atoms with Gasteiger partial charge in [-0.3, -0.25) is 4.90 Å². The first kappa shape index (κ1) is 13.0. The van der Waals surface area contributed by atoms with E-state index in [2.05, 4.69) is 33.1 Å². The highest BCUT2D eigenvalue weighted by atomic mass is 79.9. The molecule has 0 bridgehead atoms. The Morgan fingerprint density at radius 3 is 3.06 bits per heavy atom. The SMILES string of the molecule is CCC1CN(Cc2ccc(F)c(Br)c2)CCN1. The molecule has 1 aliphatic rings. The number of nitrogens with one attached hydrogen (secondary N) is 1. The lowest BCUT2D eigenvalue weighted by Gasteiger charge is -2.33. The number of benzene rings is 1. The molecule has 4 heteroatoms. The van der Waals surface area contributed by atoms with Crippen LogP contribution in [0.3, 0.4) is 0 Å². The molecule has 0 radical (unpaired) electrons. The van der Waals surface area contributed by atoms with Crippen LogP contribution < -0.4 is 5.32 Å². The van der Waals surface area contributed by atoms with Crippen LogP contribution in [0, 0.1) is 5.82 Å². The highest BCUT2D eigenvalue weighted by Gasteiger charge is 2.17. The fraction of sp³-hybridized carbons (Fsp3) is 0.538. The van der Waals surface area contributed by atoms with Crippen LogP contribution in [0.15, 0.2) is 22.7 Å². The van der Waals surface area contributed by atoms with Gasteiger partial charge in [0.2, 0.25) is 0 Å². The summed E-state index contributed by atoms with van der Waals surface area (Å²) >= 11 is 3.23. The Balaban J connectivity index is 1.97.